The second kappa shape index (κ2) is 11.0. The van der Waals surface area contributed by atoms with Gasteiger partial charge in [0, 0.05) is 17.3 Å². The molecule has 0 fully saturated rings. The van der Waals surface area contributed by atoms with Crippen LogP contribution in [0.1, 0.15) is 31.7 Å². The number of hydrogen-bond donors (Lipinski definition) is 2. The molecule has 1 atom stereocenters. The molecule has 2 N–H and O–H groups in total. The lowest BCUT2D eigenvalue weighted by atomic mass is 9.98. The fraction of sp³-hybridized carbons (Fsp3) is 0.192. The molecule has 0 radical (unpaired) electrons. The Kier molecular flexibility index (Phi) is 7.55. The SMILES string of the molecule is CC[C@H](C)c1ccc2oc(-c3ccc(NC(=S)NC(=O)COc4ccccc4[N+](=O)[O-])cc3)nc2c1. The van der Waals surface area contributed by atoms with Crippen molar-refractivity contribution >= 4 is 45.7 Å². The number of oxazole rings is 1. The lowest BCUT2D eigenvalue weighted by Crippen LogP contribution is -2.37. The first kappa shape index (κ1) is 24.8. The maximum Gasteiger partial charge on any atom is 0.310 e. The van der Waals surface area contributed by atoms with Crippen molar-refractivity contribution in [2.24, 2.45) is 0 Å². The number of nitrogens with one attached hydrogen (secondary N) is 2. The molecule has 4 rings (SSSR count). The fourth-order valence-electron chi connectivity index (χ4n) is 3.50. The van der Waals surface area contributed by atoms with Crippen molar-refractivity contribution < 1.29 is 18.9 Å². The van der Waals surface area contributed by atoms with Crippen molar-refractivity contribution in [2.75, 3.05) is 11.9 Å². The van der Waals surface area contributed by atoms with Gasteiger partial charge in [0.2, 0.25) is 5.89 Å². The number of carbonyl (C=O) groups is 1. The molecule has 1 heterocycles. The molecule has 1 aromatic heterocycles. The van der Waals surface area contributed by atoms with Gasteiger partial charge in [0.05, 0.1) is 4.92 Å². The summed E-state index contributed by atoms with van der Waals surface area (Å²) >= 11 is 5.19. The number of anilines is 1. The fourth-order valence-corrected chi connectivity index (χ4v) is 3.74. The quantitative estimate of drug-likeness (QED) is 0.175. The number of para-hydroxylation sites is 2. The van der Waals surface area contributed by atoms with E-state index in [1.54, 1.807) is 18.2 Å². The van der Waals surface area contributed by atoms with Crippen molar-refractivity contribution in [1.29, 1.82) is 0 Å². The molecule has 1 amide bonds. The number of ether oxygens (including phenoxy) is 1. The molecule has 0 aliphatic heterocycles. The monoisotopic (exact) mass is 504 g/mol. The van der Waals surface area contributed by atoms with Crippen LogP contribution in [0.4, 0.5) is 11.4 Å². The van der Waals surface area contributed by atoms with Crippen LogP contribution in [0.3, 0.4) is 0 Å². The Hall–Kier alpha value is -4.31. The molecule has 0 saturated heterocycles. The van der Waals surface area contributed by atoms with Crippen molar-refractivity contribution in [2.45, 2.75) is 26.2 Å². The number of amides is 1. The lowest BCUT2D eigenvalue weighted by Gasteiger charge is -2.10. The van der Waals surface area contributed by atoms with E-state index in [-0.39, 0.29) is 16.5 Å². The Labute approximate surface area is 212 Å². The molecular weight excluding hydrogens is 480 g/mol. The van der Waals surface area contributed by atoms with Gasteiger partial charge in [-0.3, -0.25) is 20.2 Å². The maximum absolute atomic E-state index is 12.2. The van der Waals surface area contributed by atoms with Gasteiger partial charge in [-0.2, -0.15) is 0 Å². The number of benzene rings is 3. The van der Waals surface area contributed by atoms with Crippen LogP contribution in [-0.2, 0) is 4.79 Å². The van der Waals surface area contributed by atoms with E-state index in [0.717, 1.165) is 23.1 Å². The number of nitro groups is 1. The zero-order valence-corrected chi connectivity index (χ0v) is 20.5. The highest BCUT2D eigenvalue weighted by Gasteiger charge is 2.16. The van der Waals surface area contributed by atoms with Gasteiger partial charge in [-0.25, -0.2) is 4.98 Å². The smallest absolute Gasteiger partial charge is 0.310 e. The molecule has 10 heteroatoms. The molecule has 0 bridgehead atoms. The maximum atomic E-state index is 12.2. The first-order valence-corrected chi connectivity index (χ1v) is 11.7. The number of thiocarbonyl (C=S) groups is 1. The van der Waals surface area contributed by atoms with E-state index in [0.29, 0.717) is 17.5 Å². The zero-order chi connectivity index (χ0) is 25.7. The van der Waals surface area contributed by atoms with Crippen LogP contribution in [0, 0.1) is 10.1 Å². The zero-order valence-electron chi connectivity index (χ0n) is 19.7. The molecule has 0 spiro atoms. The number of hydrogen-bond acceptors (Lipinski definition) is 7. The van der Waals surface area contributed by atoms with Crippen LogP contribution < -0.4 is 15.4 Å². The molecular formula is C26H24N4O5S. The highest BCUT2D eigenvalue weighted by molar-refractivity contribution is 7.80. The standard InChI is InChI=1S/C26H24N4O5S/c1-3-16(2)18-10-13-22-20(14-18)28-25(35-22)17-8-11-19(12-9-17)27-26(36)29-24(31)15-34-23-7-5-4-6-21(23)30(32)33/h4-14,16H,3,15H2,1-2H3,(H2,27,29,31,36)/t16-/m0/s1. The van der Waals surface area contributed by atoms with Gasteiger partial charge >= 0.3 is 5.69 Å². The number of nitrogens with zero attached hydrogens (tertiary/aromatic N) is 2. The summed E-state index contributed by atoms with van der Waals surface area (Å²) < 4.78 is 11.2. The van der Waals surface area contributed by atoms with Crippen molar-refractivity contribution in [3.63, 3.8) is 0 Å². The van der Waals surface area contributed by atoms with Crippen LogP contribution in [0.15, 0.2) is 71.1 Å². The highest BCUT2D eigenvalue weighted by Crippen LogP contribution is 2.29. The van der Waals surface area contributed by atoms with E-state index < -0.39 is 17.4 Å². The van der Waals surface area contributed by atoms with Crippen LogP contribution in [0.2, 0.25) is 0 Å². The summed E-state index contributed by atoms with van der Waals surface area (Å²) in [5.41, 5.74) is 4.00. The summed E-state index contributed by atoms with van der Waals surface area (Å²) in [6, 6.07) is 19.2. The first-order valence-electron chi connectivity index (χ1n) is 11.3. The van der Waals surface area contributed by atoms with E-state index in [4.69, 9.17) is 21.4 Å². The second-order valence-corrected chi connectivity index (χ2v) is 8.56. The largest absolute Gasteiger partial charge is 0.477 e. The molecule has 3 aromatic carbocycles. The number of nitro benzene ring substituents is 1. The minimum Gasteiger partial charge on any atom is -0.477 e. The summed E-state index contributed by atoms with van der Waals surface area (Å²) in [5.74, 6) is 0.418. The summed E-state index contributed by atoms with van der Waals surface area (Å²) in [7, 11) is 0. The Morgan fingerprint density at radius 1 is 1.17 bits per heavy atom. The minimum atomic E-state index is -0.575. The lowest BCUT2D eigenvalue weighted by molar-refractivity contribution is -0.385. The topological polar surface area (TPSA) is 120 Å². The van der Waals surface area contributed by atoms with E-state index in [2.05, 4.69) is 41.6 Å². The average molecular weight is 505 g/mol. The van der Waals surface area contributed by atoms with E-state index >= 15 is 0 Å². The van der Waals surface area contributed by atoms with Gasteiger partial charge in [0.25, 0.3) is 5.91 Å². The molecule has 184 valence electrons. The third-order valence-electron chi connectivity index (χ3n) is 5.66. The molecule has 4 aromatic rings. The van der Waals surface area contributed by atoms with Gasteiger partial charge in [0.1, 0.15) is 5.52 Å². The average Bonchev–Trinajstić information content (AvgIpc) is 3.31. The van der Waals surface area contributed by atoms with Gasteiger partial charge in [-0.05, 0) is 72.6 Å². The molecule has 0 aliphatic carbocycles. The van der Waals surface area contributed by atoms with E-state index in [9.17, 15) is 14.9 Å². The molecule has 0 unspecified atom stereocenters. The third-order valence-corrected chi connectivity index (χ3v) is 5.86. The summed E-state index contributed by atoms with van der Waals surface area (Å²) in [6.07, 6.45) is 1.05. The normalized spacial score (nSPS) is 11.6. The predicted molar refractivity (Wildman–Crippen MR) is 141 cm³/mol. The molecule has 0 saturated carbocycles. The van der Waals surface area contributed by atoms with E-state index in [1.807, 2.05) is 18.2 Å². The van der Waals surface area contributed by atoms with Crippen LogP contribution in [0.5, 0.6) is 5.75 Å². The number of fused-ring (bicyclic) bond motifs is 1. The van der Waals surface area contributed by atoms with Crippen LogP contribution in [-0.4, -0.2) is 27.5 Å². The third kappa shape index (κ3) is 5.84. The number of carbonyl (C=O) groups excluding carboxylic acids is 1. The molecule has 0 aliphatic rings. The van der Waals surface area contributed by atoms with Crippen LogP contribution >= 0.6 is 12.2 Å². The first-order chi connectivity index (χ1) is 17.3. The Morgan fingerprint density at radius 3 is 2.64 bits per heavy atom. The van der Waals surface area contributed by atoms with E-state index in [1.165, 1.54) is 23.8 Å². The Balaban J connectivity index is 1.34. The summed E-state index contributed by atoms with van der Waals surface area (Å²) in [5, 5.41) is 16.5. The predicted octanol–water partition coefficient (Wildman–Crippen LogP) is 5.81. The summed E-state index contributed by atoms with van der Waals surface area (Å²) in [4.78, 5) is 27.2. The Bertz CT molecular complexity index is 1420. The Morgan fingerprint density at radius 2 is 1.92 bits per heavy atom. The second-order valence-electron chi connectivity index (χ2n) is 8.15. The minimum absolute atomic E-state index is 0.00223. The highest BCUT2D eigenvalue weighted by atomic mass is 32.1. The van der Waals surface area contributed by atoms with Crippen molar-refractivity contribution in [3.8, 4) is 17.2 Å². The van der Waals surface area contributed by atoms with Gasteiger partial charge < -0.3 is 14.5 Å². The van der Waals surface area contributed by atoms with Crippen molar-refractivity contribution in [3.05, 3.63) is 82.4 Å². The summed E-state index contributed by atoms with van der Waals surface area (Å²) in [6.45, 7) is 3.91. The van der Waals surface area contributed by atoms with Gasteiger partial charge in [-0.1, -0.05) is 32.0 Å². The van der Waals surface area contributed by atoms with Gasteiger partial charge in [-0.15, -0.1) is 0 Å². The molecule has 9 nitrogen and oxygen atoms in total. The molecule has 36 heavy (non-hydrogen) atoms. The van der Waals surface area contributed by atoms with Gasteiger partial charge in [0.15, 0.2) is 23.1 Å². The number of rotatable bonds is 8. The number of aromatic nitrogens is 1. The van der Waals surface area contributed by atoms with Crippen LogP contribution in [0.25, 0.3) is 22.6 Å². The van der Waals surface area contributed by atoms with Crippen molar-refractivity contribution in [1.82, 2.24) is 10.3 Å².